The maximum Gasteiger partial charge on any atom is 0.123 e. The quantitative estimate of drug-likeness (QED) is 0.908. The van der Waals surface area contributed by atoms with Crippen molar-refractivity contribution in [3.05, 3.63) is 64.5 Å². The first-order chi connectivity index (χ1) is 9.54. The molecular weight excluding hydrogens is 255 g/mol. The normalized spacial score (nSPS) is 20.8. The van der Waals surface area contributed by atoms with Gasteiger partial charge in [-0.2, -0.15) is 0 Å². The van der Waals surface area contributed by atoms with E-state index in [9.17, 15) is 9.50 Å². The molecule has 3 heteroatoms. The van der Waals surface area contributed by atoms with Crippen LogP contribution >= 0.6 is 0 Å². The van der Waals surface area contributed by atoms with Crippen LogP contribution in [0.1, 0.15) is 28.7 Å². The van der Waals surface area contributed by atoms with Gasteiger partial charge in [0.1, 0.15) is 17.2 Å². The Bertz CT molecular complexity index is 666. The second kappa shape index (κ2) is 4.60. The highest BCUT2D eigenvalue weighted by atomic mass is 19.1. The van der Waals surface area contributed by atoms with E-state index in [2.05, 4.69) is 0 Å². The van der Waals surface area contributed by atoms with Crippen LogP contribution in [0.25, 0.3) is 0 Å². The van der Waals surface area contributed by atoms with Crippen molar-refractivity contribution in [2.45, 2.75) is 25.4 Å². The molecule has 2 aromatic carbocycles. The molecule has 1 N–H and O–H groups in total. The van der Waals surface area contributed by atoms with E-state index >= 15 is 0 Å². The smallest absolute Gasteiger partial charge is 0.123 e. The molecule has 0 spiro atoms. The van der Waals surface area contributed by atoms with E-state index < -0.39 is 5.60 Å². The number of halogens is 1. The van der Waals surface area contributed by atoms with Gasteiger partial charge >= 0.3 is 0 Å². The Kier molecular flexibility index (Phi) is 3.02. The van der Waals surface area contributed by atoms with Crippen LogP contribution < -0.4 is 4.74 Å². The van der Waals surface area contributed by atoms with Gasteiger partial charge in [-0.3, -0.25) is 0 Å². The number of rotatable bonds is 2. The van der Waals surface area contributed by atoms with Crippen LogP contribution in [0.5, 0.6) is 5.75 Å². The molecule has 0 saturated carbocycles. The maximum atomic E-state index is 13.6. The van der Waals surface area contributed by atoms with Crippen molar-refractivity contribution < 1.29 is 14.2 Å². The van der Waals surface area contributed by atoms with Gasteiger partial charge in [0.05, 0.1) is 7.11 Å². The Morgan fingerprint density at radius 2 is 1.95 bits per heavy atom. The molecule has 1 aliphatic carbocycles. The zero-order valence-electron chi connectivity index (χ0n) is 11.6. The third-order valence-electron chi connectivity index (χ3n) is 4.16. The number of hydrogen-bond donors (Lipinski definition) is 1. The minimum Gasteiger partial charge on any atom is -0.497 e. The average Bonchev–Trinajstić information content (AvgIpc) is 2.79. The lowest BCUT2D eigenvalue weighted by molar-refractivity contribution is 0.0817. The highest BCUT2D eigenvalue weighted by molar-refractivity contribution is 5.50. The van der Waals surface area contributed by atoms with Crippen molar-refractivity contribution in [3.63, 3.8) is 0 Å². The predicted octanol–water partition coefficient (Wildman–Crippen LogP) is 3.32. The first-order valence-electron chi connectivity index (χ1n) is 6.71. The van der Waals surface area contributed by atoms with Gasteiger partial charge in [-0.25, -0.2) is 4.39 Å². The van der Waals surface area contributed by atoms with Gasteiger partial charge in [-0.05, 0) is 66.3 Å². The lowest BCUT2D eigenvalue weighted by atomic mass is 9.85. The molecule has 1 atom stereocenters. The molecule has 0 bridgehead atoms. The summed E-state index contributed by atoms with van der Waals surface area (Å²) in [5.41, 5.74) is 2.33. The highest BCUT2D eigenvalue weighted by Gasteiger charge is 2.39. The Morgan fingerprint density at radius 3 is 2.70 bits per heavy atom. The fourth-order valence-corrected chi connectivity index (χ4v) is 3.06. The first-order valence-corrected chi connectivity index (χ1v) is 6.71. The number of benzene rings is 2. The first kappa shape index (κ1) is 13.1. The molecular formula is C17H17FO2. The summed E-state index contributed by atoms with van der Waals surface area (Å²) in [6.45, 7) is 1.89. The standard InChI is InChI=1S/C17H17FO2/c1-11-3-5-13(18)9-15(11)17(19)8-7-12-4-6-14(20-2)10-16(12)17/h3-6,9-10,19H,7-8H2,1-2H3. The minimum absolute atomic E-state index is 0.324. The van der Waals surface area contributed by atoms with Crippen LogP contribution in [0.3, 0.4) is 0 Å². The van der Waals surface area contributed by atoms with Crippen molar-refractivity contribution in [1.82, 2.24) is 0 Å². The number of aliphatic hydroxyl groups is 1. The van der Waals surface area contributed by atoms with Crippen molar-refractivity contribution in [3.8, 4) is 5.75 Å². The van der Waals surface area contributed by atoms with Gasteiger partial charge in [0, 0.05) is 0 Å². The molecule has 2 nitrogen and oxygen atoms in total. The Labute approximate surface area is 117 Å². The predicted molar refractivity (Wildman–Crippen MR) is 75.5 cm³/mol. The number of methoxy groups -OCH3 is 1. The molecule has 3 rings (SSSR count). The number of ether oxygens (including phenoxy) is 1. The molecule has 0 heterocycles. The summed E-state index contributed by atoms with van der Waals surface area (Å²) in [6, 6.07) is 10.3. The summed E-state index contributed by atoms with van der Waals surface area (Å²) >= 11 is 0. The molecule has 1 unspecified atom stereocenters. The van der Waals surface area contributed by atoms with Crippen LogP contribution in [0.4, 0.5) is 4.39 Å². The van der Waals surface area contributed by atoms with Crippen LogP contribution in [0.15, 0.2) is 36.4 Å². The van der Waals surface area contributed by atoms with E-state index in [1.807, 2.05) is 25.1 Å². The molecule has 20 heavy (non-hydrogen) atoms. The van der Waals surface area contributed by atoms with Gasteiger partial charge in [0.2, 0.25) is 0 Å². The SMILES string of the molecule is COc1ccc2c(c1)C(O)(c1cc(F)ccc1C)CC2. The lowest BCUT2D eigenvalue weighted by Crippen LogP contribution is -2.25. The third-order valence-corrected chi connectivity index (χ3v) is 4.16. The van der Waals surface area contributed by atoms with E-state index in [0.29, 0.717) is 17.7 Å². The average molecular weight is 272 g/mol. The number of fused-ring (bicyclic) bond motifs is 1. The van der Waals surface area contributed by atoms with Gasteiger partial charge in [-0.1, -0.05) is 12.1 Å². The summed E-state index contributed by atoms with van der Waals surface area (Å²) in [5, 5.41) is 11.1. The topological polar surface area (TPSA) is 29.5 Å². The van der Waals surface area contributed by atoms with Gasteiger partial charge < -0.3 is 9.84 Å². The monoisotopic (exact) mass is 272 g/mol. The van der Waals surface area contributed by atoms with Gasteiger partial charge in [0.15, 0.2) is 0 Å². The van der Waals surface area contributed by atoms with Crippen LogP contribution in [-0.2, 0) is 12.0 Å². The van der Waals surface area contributed by atoms with Gasteiger partial charge in [-0.15, -0.1) is 0 Å². The van der Waals surface area contributed by atoms with Crippen LogP contribution in [-0.4, -0.2) is 12.2 Å². The second-order valence-corrected chi connectivity index (χ2v) is 5.34. The third kappa shape index (κ3) is 1.90. The number of aryl methyl sites for hydroxylation is 2. The lowest BCUT2D eigenvalue weighted by Gasteiger charge is -2.27. The van der Waals surface area contributed by atoms with E-state index in [0.717, 1.165) is 23.1 Å². The summed E-state index contributed by atoms with van der Waals surface area (Å²) in [4.78, 5) is 0. The largest absolute Gasteiger partial charge is 0.497 e. The van der Waals surface area contributed by atoms with Crippen molar-refractivity contribution in [2.24, 2.45) is 0 Å². The molecule has 0 fully saturated rings. The Balaban J connectivity index is 2.18. The van der Waals surface area contributed by atoms with E-state index in [1.165, 1.54) is 12.1 Å². The van der Waals surface area contributed by atoms with Crippen molar-refractivity contribution in [1.29, 1.82) is 0 Å². The molecule has 2 aromatic rings. The molecule has 0 aromatic heterocycles. The van der Waals surface area contributed by atoms with Crippen LogP contribution in [0.2, 0.25) is 0 Å². The van der Waals surface area contributed by atoms with Crippen LogP contribution in [0, 0.1) is 12.7 Å². The summed E-state index contributed by atoms with van der Waals surface area (Å²) < 4.78 is 18.8. The summed E-state index contributed by atoms with van der Waals surface area (Å²) in [5.74, 6) is 0.383. The molecule has 0 amide bonds. The van der Waals surface area contributed by atoms with E-state index in [1.54, 1.807) is 13.2 Å². The molecule has 0 saturated heterocycles. The van der Waals surface area contributed by atoms with E-state index in [-0.39, 0.29) is 5.82 Å². The second-order valence-electron chi connectivity index (χ2n) is 5.34. The van der Waals surface area contributed by atoms with Gasteiger partial charge in [0.25, 0.3) is 0 Å². The van der Waals surface area contributed by atoms with Crippen molar-refractivity contribution in [2.75, 3.05) is 7.11 Å². The zero-order chi connectivity index (χ0) is 14.3. The summed E-state index contributed by atoms with van der Waals surface area (Å²) in [7, 11) is 1.60. The van der Waals surface area contributed by atoms with Crippen molar-refractivity contribution >= 4 is 0 Å². The minimum atomic E-state index is -1.13. The molecule has 0 aliphatic heterocycles. The Hall–Kier alpha value is -1.87. The fraction of sp³-hybridized carbons (Fsp3) is 0.294. The molecule has 104 valence electrons. The molecule has 1 aliphatic rings. The zero-order valence-corrected chi connectivity index (χ0v) is 11.6. The molecule has 0 radical (unpaired) electrons. The van der Waals surface area contributed by atoms with E-state index in [4.69, 9.17) is 4.74 Å². The fourth-order valence-electron chi connectivity index (χ4n) is 3.06. The number of hydrogen-bond acceptors (Lipinski definition) is 2. The highest BCUT2D eigenvalue weighted by Crippen LogP contribution is 2.44. The summed E-state index contributed by atoms with van der Waals surface area (Å²) in [6.07, 6.45) is 1.35. The Morgan fingerprint density at radius 1 is 1.15 bits per heavy atom. The maximum absolute atomic E-state index is 13.6.